The van der Waals surface area contributed by atoms with E-state index in [4.69, 9.17) is 4.74 Å². The number of rotatable bonds is 7. The number of hydrogen-bond acceptors (Lipinski definition) is 4. The fourth-order valence-electron chi connectivity index (χ4n) is 7.86. The summed E-state index contributed by atoms with van der Waals surface area (Å²) in [6.45, 7) is 4.24. The molecule has 2 N–H and O–H groups in total. The van der Waals surface area contributed by atoms with Gasteiger partial charge in [0.25, 0.3) is 0 Å². The highest BCUT2D eigenvalue weighted by atomic mass is 19.1. The van der Waals surface area contributed by atoms with E-state index in [1.54, 1.807) is 18.6 Å². The minimum atomic E-state index is -0.706. The number of imidazole rings is 1. The van der Waals surface area contributed by atoms with E-state index < -0.39 is 11.7 Å². The van der Waals surface area contributed by atoms with Crippen LogP contribution in [0.1, 0.15) is 70.4 Å². The Balaban J connectivity index is 1.21. The number of halogens is 1. The van der Waals surface area contributed by atoms with Gasteiger partial charge in [-0.15, -0.1) is 0 Å². The molecule has 2 aromatic rings. The first-order chi connectivity index (χ1) is 15.7. The molecule has 1 aliphatic heterocycles. The van der Waals surface area contributed by atoms with Crippen molar-refractivity contribution in [3.8, 4) is 11.3 Å². The maximum absolute atomic E-state index is 14.9. The summed E-state index contributed by atoms with van der Waals surface area (Å²) in [7, 11) is 0. The molecule has 4 atom stereocenters. The topological polar surface area (TPSA) is 67.5 Å². The summed E-state index contributed by atoms with van der Waals surface area (Å²) in [6.07, 6.45) is 9.92. The minimum absolute atomic E-state index is 0.0959. The van der Waals surface area contributed by atoms with Crippen LogP contribution in [0.5, 0.6) is 0 Å². The van der Waals surface area contributed by atoms with Crippen molar-refractivity contribution in [1.29, 1.82) is 0 Å². The van der Waals surface area contributed by atoms with Crippen molar-refractivity contribution in [3.63, 3.8) is 0 Å². The Morgan fingerprint density at radius 1 is 1.24 bits per heavy atom. The molecule has 5 aliphatic rings. The number of fused-ring (bicyclic) bond motifs is 3. The molecule has 1 aromatic carbocycles. The third kappa shape index (κ3) is 3.57. The third-order valence-electron chi connectivity index (χ3n) is 9.08. The van der Waals surface area contributed by atoms with E-state index in [9.17, 15) is 14.6 Å². The molecule has 4 aliphatic carbocycles. The Hall–Kier alpha value is -1.76. The molecule has 2 heterocycles. The average molecular weight is 455 g/mol. The molecule has 1 aromatic heterocycles. The van der Waals surface area contributed by atoms with Crippen molar-refractivity contribution >= 4 is 0 Å². The smallest absolute Gasteiger partial charge is 0.129 e. The number of nitrogens with zero attached hydrogens (tertiary/aromatic N) is 2. The van der Waals surface area contributed by atoms with Crippen LogP contribution >= 0.6 is 0 Å². The number of aliphatic hydroxyl groups is 2. The van der Waals surface area contributed by atoms with Gasteiger partial charge in [-0.05, 0) is 88.0 Å². The molecule has 33 heavy (non-hydrogen) atoms. The number of hydrogen-bond donors (Lipinski definition) is 2. The van der Waals surface area contributed by atoms with Gasteiger partial charge in [-0.3, -0.25) is 0 Å². The number of benzene rings is 1. The number of aliphatic hydroxyl groups excluding tert-OH is 1. The second-order valence-electron chi connectivity index (χ2n) is 11.9. The van der Waals surface area contributed by atoms with E-state index in [0.717, 1.165) is 30.5 Å². The third-order valence-corrected chi connectivity index (χ3v) is 9.08. The van der Waals surface area contributed by atoms with E-state index in [0.29, 0.717) is 42.8 Å². The lowest BCUT2D eigenvalue weighted by molar-refractivity contribution is -0.192. The van der Waals surface area contributed by atoms with Crippen molar-refractivity contribution in [3.05, 3.63) is 42.1 Å². The predicted molar refractivity (Wildman–Crippen MR) is 123 cm³/mol. The molecular weight excluding hydrogens is 419 g/mol. The van der Waals surface area contributed by atoms with E-state index in [2.05, 4.69) is 4.98 Å². The second kappa shape index (κ2) is 7.62. The molecule has 0 spiro atoms. The van der Waals surface area contributed by atoms with Crippen molar-refractivity contribution in [2.24, 2.45) is 23.2 Å². The molecular formula is C27H35FN2O3. The summed E-state index contributed by atoms with van der Waals surface area (Å²) in [5.74, 6) is 1.41. The molecule has 4 fully saturated rings. The van der Waals surface area contributed by atoms with Crippen LogP contribution in [-0.4, -0.2) is 44.2 Å². The zero-order chi connectivity index (χ0) is 23.0. The van der Waals surface area contributed by atoms with Crippen molar-refractivity contribution in [2.45, 2.75) is 82.6 Å². The minimum Gasteiger partial charge on any atom is -0.392 e. The van der Waals surface area contributed by atoms with E-state index >= 15 is 0 Å². The van der Waals surface area contributed by atoms with Crippen LogP contribution in [-0.2, 0) is 4.74 Å². The standard InChI is InChI=1S/C27H35FN2O3/c1-26(2,32)6-7-33-25-17-8-16-9-18(25)13-27(11-16,12-17)23(31)10-21-24-19(4-3-5-20(24)28)22-14-29-15-30(21)22/h3-5,14-18,21,23,25,31-32H,6-13H2,1-2H3. The molecule has 4 bridgehead atoms. The van der Waals surface area contributed by atoms with Crippen LogP contribution < -0.4 is 0 Å². The van der Waals surface area contributed by atoms with Crippen LogP contribution in [0.15, 0.2) is 30.7 Å². The maximum Gasteiger partial charge on any atom is 0.129 e. The summed E-state index contributed by atoms with van der Waals surface area (Å²) < 4.78 is 23.3. The van der Waals surface area contributed by atoms with Crippen LogP contribution in [0.25, 0.3) is 11.3 Å². The largest absolute Gasteiger partial charge is 0.392 e. The van der Waals surface area contributed by atoms with E-state index in [1.165, 1.54) is 18.9 Å². The summed E-state index contributed by atoms with van der Waals surface area (Å²) >= 11 is 0. The van der Waals surface area contributed by atoms with Crippen molar-refractivity contribution in [1.82, 2.24) is 9.55 Å². The normalized spacial score (nSPS) is 35.0. The lowest BCUT2D eigenvalue weighted by atomic mass is 9.46. The Morgan fingerprint density at radius 3 is 2.73 bits per heavy atom. The Morgan fingerprint density at radius 2 is 2.00 bits per heavy atom. The Bertz CT molecular complexity index is 1030. The molecule has 6 heteroatoms. The molecule has 178 valence electrons. The molecule has 4 unspecified atom stereocenters. The van der Waals surface area contributed by atoms with Crippen LogP contribution in [0.3, 0.4) is 0 Å². The SMILES string of the molecule is CC(C)(O)CCOC1C2CC3CC1CC(C(O)CC1c4c(F)cccc4-c4cncn41)(C3)C2. The number of ether oxygens (including phenoxy) is 1. The first-order valence-corrected chi connectivity index (χ1v) is 12.6. The quantitative estimate of drug-likeness (QED) is 0.636. The van der Waals surface area contributed by atoms with Gasteiger partial charge >= 0.3 is 0 Å². The fourth-order valence-corrected chi connectivity index (χ4v) is 7.86. The lowest BCUT2D eigenvalue weighted by Gasteiger charge is -2.61. The Kier molecular flexibility index (Phi) is 5.02. The first kappa shape index (κ1) is 21.8. The summed E-state index contributed by atoms with van der Waals surface area (Å²) in [4.78, 5) is 4.30. The van der Waals surface area contributed by atoms with Gasteiger partial charge < -0.3 is 19.5 Å². The molecule has 0 radical (unpaired) electrons. The van der Waals surface area contributed by atoms with Crippen LogP contribution in [0.2, 0.25) is 0 Å². The molecule has 0 amide bonds. The van der Waals surface area contributed by atoms with E-state index in [-0.39, 0.29) is 23.4 Å². The summed E-state index contributed by atoms with van der Waals surface area (Å²) in [5, 5.41) is 21.7. The van der Waals surface area contributed by atoms with Gasteiger partial charge in [0.15, 0.2) is 0 Å². The van der Waals surface area contributed by atoms with Crippen LogP contribution in [0.4, 0.5) is 4.39 Å². The average Bonchev–Trinajstić information content (AvgIpc) is 3.32. The monoisotopic (exact) mass is 454 g/mol. The second-order valence-corrected chi connectivity index (χ2v) is 11.9. The highest BCUT2D eigenvalue weighted by molar-refractivity contribution is 5.69. The molecule has 4 saturated carbocycles. The van der Waals surface area contributed by atoms with Gasteiger partial charge in [0, 0.05) is 17.7 Å². The lowest BCUT2D eigenvalue weighted by Crippen LogP contribution is -2.58. The van der Waals surface area contributed by atoms with Gasteiger partial charge in [-0.25, -0.2) is 9.37 Å². The van der Waals surface area contributed by atoms with Crippen LogP contribution in [0, 0.1) is 29.0 Å². The van der Waals surface area contributed by atoms with Gasteiger partial charge in [-0.2, -0.15) is 0 Å². The number of aromatic nitrogens is 2. The highest BCUT2D eigenvalue weighted by Gasteiger charge is 2.58. The zero-order valence-corrected chi connectivity index (χ0v) is 19.6. The maximum atomic E-state index is 14.9. The van der Waals surface area contributed by atoms with Crippen molar-refractivity contribution < 1.29 is 19.3 Å². The van der Waals surface area contributed by atoms with Gasteiger partial charge in [0.1, 0.15) is 5.82 Å². The zero-order valence-electron chi connectivity index (χ0n) is 19.6. The summed E-state index contributed by atoms with van der Waals surface area (Å²) in [6, 6.07) is 5.03. The van der Waals surface area contributed by atoms with Gasteiger partial charge in [0.05, 0.1) is 42.1 Å². The first-order valence-electron chi connectivity index (χ1n) is 12.6. The predicted octanol–water partition coefficient (Wildman–Crippen LogP) is 4.72. The molecule has 7 rings (SSSR count). The fraction of sp³-hybridized carbons (Fsp3) is 0.667. The Labute approximate surface area is 195 Å². The highest BCUT2D eigenvalue weighted by Crippen LogP contribution is 2.63. The van der Waals surface area contributed by atoms with Gasteiger partial charge in [0.2, 0.25) is 0 Å². The van der Waals surface area contributed by atoms with Gasteiger partial charge in [-0.1, -0.05) is 12.1 Å². The van der Waals surface area contributed by atoms with E-state index in [1.807, 2.05) is 24.5 Å². The molecule has 0 saturated heterocycles. The molecule has 5 nitrogen and oxygen atoms in total. The summed E-state index contributed by atoms with van der Waals surface area (Å²) in [5.41, 5.74) is 1.73. The van der Waals surface area contributed by atoms with Crippen molar-refractivity contribution in [2.75, 3.05) is 6.61 Å².